The van der Waals surface area contributed by atoms with Gasteiger partial charge in [-0.2, -0.15) is 0 Å². The molecule has 1 N–H and O–H groups in total. The van der Waals surface area contributed by atoms with Crippen molar-refractivity contribution in [2.75, 3.05) is 11.9 Å². The molecule has 1 aliphatic rings. The van der Waals surface area contributed by atoms with E-state index in [9.17, 15) is 0 Å². The third-order valence-electron chi connectivity index (χ3n) is 3.26. The van der Waals surface area contributed by atoms with Gasteiger partial charge in [0.05, 0.1) is 18.8 Å². The topological polar surface area (TPSA) is 21.3 Å². The van der Waals surface area contributed by atoms with Crippen molar-refractivity contribution in [1.82, 2.24) is 0 Å². The van der Waals surface area contributed by atoms with Gasteiger partial charge in [-0.25, -0.2) is 0 Å². The van der Waals surface area contributed by atoms with E-state index in [4.69, 9.17) is 4.74 Å². The molecule has 2 heteroatoms. The highest BCUT2D eigenvalue weighted by molar-refractivity contribution is 5.43. The summed E-state index contributed by atoms with van der Waals surface area (Å²) in [5.41, 5.74) is 1.19. The number of ether oxygens (including phenoxy) is 1. The summed E-state index contributed by atoms with van der Waals surface area (Å²) in [6.07, 6.45) is 7.05. The van der Waals surface area contributed by atoms with E-state index < -0.39 is 0 Å². The van der Waals surface area contributed by atoms with Crippen LogP contribution in [0.15, 0.2) is 43.0 Å². The van der Waals surface area contributed by atoms with Crippen LogP contribution in [0.4, 0.5) is 5.69 Å². The molecule has 0 saturated heterocycles. The van der Waals surface area contributed by atoms with Crippen LogP contribution in [0.2, 0.25) is 0 Å². The molecule has 0 aromatic heterocycles. The summed E-state index contributed by atoms with van der Waals surface area (Å²) in [5.74, 6) is 0. The summed E-state index contributed by atoms with van der Waals surface area (Å²) in [6.45, 7) is 4.36. The fourth-order valence-electron chi connectivity index (χ4n) is 2.40. The predicted octanol–water partition coefficient (Wildman–Crippen LogP) is 3.61. The van der Waals surface area contributed by atoms with E-state index in [0.717, 1.165) is 6.42 Å². The summed E-state index contributed by atoms with van der Waals surface area (Å²) in [7, 11) is 0. The van der Waals surface area contributed by atoms with E-state index in [1.165, 1.54) is 24.9 Å². The number of benzene rings is 1. The molecule has 0 heterocycles. The Morgan fingerprint density at radius 3 is 2.76 bits per heavy atom. The van der Waals surface area contributed by atoms with Crippen LogP contribution < -0.4 is 5.32 Å². The molecule has 2 nitrogen and oxygen atoms in total. The Morgan fingerprint density at radius 1 is 1.24 bits per heavy atom. The molecule has 0 radical (unpaired) electrons. The third-order valence-corrected chi connectivity index (χ3v) is 3.26. The molecule has 1 aromatic carbocycles. The first-order chi connectivity index (χ1) is 8.40. The minimum Gasteiger partial charge on any atom is -0.380 e. The largest absolute Gasteiger partial charge is 0.380 e. The van der Waals surface area contributed by atoms with Gasteiger partial charge in [-0.3, -0.25) is 0 Å². The standard InChI is InChI=1S/C15H21NO/c1-2-12-17-15-11-7-6-10-14(15)16-13-8-4-3-5-9-13/h2-5,8-9,14-16H,1,6-7,10-12H2/t14-,15-/m0/s1. The van der Waals surface area contributed by atoms with Crippen molar-refractivity contribution >= 4 is 5.69 Å². The lowest BCUT2D eigenvalue weighted by atomic mass is 9.92. The monoisotopic (exact) mass is 231 g/mol. The van der Waals surface area contributed by atoms with Crippen molar-refractivity contribution in [1.29, 1.82) is 0 Å². The van der Waals surface area contributed by atoms with Gasteiger partial charge >= 0.3 is 0 Å². The maximum Gasteiger partial charge on any atom is 0.0780 e. The number of rotatable bonds is 5. The Bertz CT molecular complexity index is 336. The number of hydrogen-bond donors (Lipinski definition) is 1. The highest BCUT2D eigenvalue weighted by Crippen LogP contribution is 2.24. The zero-order valence-corrected chi connectivity index (χ0v) is 10.3. The lowest BCUT2D eigenvalue weighted by Crippen LogP contribution is -2.38. The molecule has 2 rings (SSSR count). The molecule has 0 amide bonds. The SMILES string of the molecule is C=CCO[C@H]1CCCC[C@@H]1Nc1ccccc1. The highest BCUT2D eigenvalue weighted by Gasteiger charge is 2.25. The maximum atomic E-state index is 5.84. The van der Waals surface area contributed by atoms with Crippen LogP contribution in [-0.2, 0) is 4.74 Å². The number of anilines is 1. The zero-order chi connectivity index (χ0) is 11.9. The van der Waals surface area contributed by atoms with Gasteiger partial charge in [-0.05, 0) is 25.0 Å². The van der Waals surface area contributed by atoms with E-state index in [-0.39, 0.29) is 0 Å². The van der Waals surface area contributed by atoms with Gasteiger partial charge in [-0.15, -0.1) is 6.58 Å². The normalized spacial score (nSPS) is 24.2. The van der Waals surface area contributed by atoms with Gasteiger partial charge in [0.2, 0.25) is 0 Å². The second kappa shape index (κ2) is 6.45. The summed E-state index contributed by atoms with van der Waals surface area (Å²) < 4.78 is 5.84. The molecule has 2 atom stereocenters. The van der Waals surface area contributed by atoms with Crippen LogP contribution in [0.25, 0.3) is 0 Å². The Kier molecular flexibility index (Phi) is 4.63. The quantitative estimate of drug-likeness (QED) is 0.782. The third kappa shape index (κ3) is 3.60. The molecule has 0 aliphatic heterocycles. The van der Waals surface area contributed by atoms with Crippen LogP contribution in [0.1, 0.15) is 25.7 Å². The van der Waals surface area contributed by atoms with Crippen molar-refractivity contribution in [3.8, 4) is 0 Å². The first-order valence-corrected chi connectivity index (χ1v) is 6.44. The molecule has 17 heavy (non-hydrogen) atoms. The van der Waals surface area contributed by atoms with Gasteiger partial charge in [0.25, 0.3) is 0 Å². The van der Waals surface area contributed by atoms with Crippen LogP contribution in [-0.4, -0.2) is 18.8 Å². The van der Waals surface area contributed by atoms with Crippen LogP contribution in [0.3, 0.4) is 0 Å². The van der Waals surface area contributed by atoms with Crippen molar-refractivity contribution in [2.45, 2.75) is 37.8 Å². The second-order valence-corrected chi connectivity index (χ2v) is 4.56. The molecular weight excluding hydrogens is 210 g/mol. The smallest absolute Gasteiger partial charge is 0.0780 e. The molecule has 1 fully saturated rings. The fraction of sp³-hybridized carbons (Fsp3) is 0.467. The van der Waals surface area contributed by atoms with Gasteiger partial charge in [0, 0.05) is 5.69 Å². The molecule has 0 unspecified atom stereocenters. The Balaban J connectivity index is 1.94. The maximum absolute atomic E-state index is 5.84. The Morgan fingerprint density at radius 2 is 2.00 bits per heavy atom. The lowest BCUT2D eigenvalue weighted by molar-refractivity contribution is 0.0375. The van der Waals surface area contributed by atoms with E-state index in [2.05, 4.69) is 36.2 Å². The number of nitrogens with one attached hydrogen (secondary N) is 1. The Hall–Kier alpha value is -1.28. The van der Waals surface area contributed by atoms with Crippen LogP contribution in [0.5, 0.6) is 0 Å². The summed E-state index contributed by atoms with van der Waals surface area (Å²) in [6, 6.07) is 10.8. The molecule has 0 bridgehead atoms. The zero-order valence-electron chi connectivity index (χ0n) is 10.3. The van der Waals surface area contributed by atoms with Gasteiger partial charge in [0.15, 0.2) is 0 Å². The number of para-hydroxylation sites is 1. The van der Waals surface area contributed by atoms with Crippen molar-refractivity contribution in [3.05, 3.63) is 43.0 Å². The average Bonchev–Trinajstić information content (AvgIpc) is 2.39. The Labute approximate surface area is 104 Å². The molecule has 1 aliphatic carbocycles. The molecule has 0 spiro atoms. The highest BCUT2D eigenvalue weighted by atomic mass is 16.5. The molecule has 92 valence electrons. The number of hydrogen-bond acceptors (Lipinski definition) is 2. The van der Waals surface area contributed by atoms with Crippen molar-refractivity contribution in [2.24, 2.45) is 0 Å². The van der Waals surface area contributed by atoms with Gasteiger partial charge in [-0.1, -0.05) is 37.1 Å². The molecule has 1 saturated carbocycles. The summed E-state index contributed by atoms with van der Waals surface area (Å²) in [5, 5.41) is 3.58. The average molecular weight is 231 g/mol. The predicted molar refractivity (Wildman–Crippen MR) is 72.3 cm³/mol. The van der Waals surface area contributed by atoms with Crippen LogP contribution in [0, 0.1) is 0 Å². The van der Waals surface area contributed by atoms with Gasteiger partial charge in [0.1, 0.15) is 0 Å². The second-order valence-electron chi connectivity index (χ2n) is 4.56. The van der Waals surface area contributed by atoms with Crippen LogP contribution >= 0.6 is 0 Å². The molecular formula is C15H21NO. The first-order valence-electron chi connectivity index (χ1n) is 6.44. The van der Waals surface area contributed by atoms with E-state index in [1.807, 2.05) is 12.1 Å². The van der Waals surface area contributed by atoms with E-state index in [0.29, 0.717) is 18.8 Å². The fourth-order valence-corrected chi connectivity index (χ4v) is 2.40. The van der Waals surface area contributed by atoms with Crippen molar-refractivity contribution < 1.29 is 4.74 Å². The minimum atomic E-state index is 0.321. The lowest BCUT2D eigenvalue weighted by Gasteiger charge is -2.32. The first kappa shape index (κ1) is 12.2. The summed E-state index contributed by atoms with van der Waals surface area (Å²) in [4.78, 5) is 0. The van der Waals surface area contributed by atoms with Gasteiger partial charge < -0.3 is 10.1 Å². The minimum absolute atomic E-state index is 0.321. The van der Waals surface area contributed by atoms with Crippen molar-refractivity contribution in [3.63, 3.8) is 0 Å². The summed E-state index contributed by atoms with van der Waals surface area (Å²) >= 11 is 0. The van der Waals surface area contributed by atoms with E-state index in [1.54, 1.807) is 0 Å². The van der Waals surface area contributed by atoms with E-state index >= 15 is 0 Å². The molecule has 1 aromatic rings.